The van der Waals surface area contributed by atoms with Crippen molar-refractivity contribution in [3.63, 3.8) is 0 Å². The van der Waals surface area contributed by atoms with Crippen LogP contribution in [0.2, 0.25) is 0 Å². The maximum Gasteiger partial charge on any atom is 0.306 e. The molecule has 1 aromatic heterocycles. The topological polar surface area (TPSA) is 66.3 Å². The van der Waals surface area contributed by atoms with E-state index in [4.69, 9.17) is 5.11 Å². The number of anilines is 1. The molecule has 0 spiro atoms. The maximum absolute atomic E-state index is 10.8. The van der Waals surface area contributed by atoms with Crippen molar-refractivity contribution in [1.29, 1.82) is 0 Å². The van der Waals surface area contributed by atoms with E-state index in [9.17, 15) is 4.79 Å². The van der Waals surface area contributed by atoms with Gasteiger partial charge in [-0.05, 0) is 24.8 Å². The van der Waals surface area contributed by atoms with Gasteiger partial charge in [-0.25, -0.2) is 9.97 Å². The molecule has 2 heterocycles. The van der Waals surface area contributed by atoms with E-state index in [2.05, 4.69) is 21.8 Å². The molecule has 0 saturated carbocycles. The molecule has 5 nitrogen and oxygen atoms in total. The molecule has 0 amide bonds. The Kier molecular flexibility index (Phi) is 3.56. The first-order valence-electron chi connectivity index (χ1n) is 5.99. The number of carbonyl (C=O) groups is 1. The van der Waals surface area contributed by atoms with Crippen molar-refractivity contribution in [3.05, 3.63) is 18.0 Å². The van der Waals surface area contributed by atoms with Crippen LogP contribution in [-0.2, 0) is 11.2 Å². The van der Waals surface area contributed by atoms with Crippen molar-refractivity contribution in [2.45, 2.75) is 26.2 Å². The maximum atomic E-state index is 10.8. The van der Waals surface area contributed by atoms with Crippen LogP contribution in [0.3, 0.4) is 0 Å². The number of aliphatic carboxylic acids is 1. The summed E-state index contributed by atoms with van der Waals surface area (Å²) in [5, 5.41) is 8.91. The first kappa shape index (κ1) is 11.8. The third kappa shape index (κ3) is 2.72. The van der Waals surface area contributed by atoms with E-state index in [0.29, 0.717) is 18.8 Å². The fourth-order valence-electron chi connectivity index (χ4n) is 2.02. The Bertz CT molecular complexity index is 383. The molecule has 92 valence electrons. The van der Waals surface area contributed by atoms with Gasteiger partial charge in [0.25, 0.3) is 0 Å². The van der Waals surface area contributed by atoms with Gasteiger partial charge < -0.3 is 10.0 Å². The van der Waals surface area contributed by atoms with E-state index in [1.807, 2.05) is 12.4 Å². The summed E-state index contributed by atoms with van der Waals surface area (Å²) >= 11 is 0. The molecule has 5 heteroatoms. The quantitative estimate of drug-likeness (QED) is 0.856. The molecule has 0 aromatic carbocycles. The smallest absolute Gasteiger partial charge is 0.306 e. The standard InChI is InChI=1S/C12H17N3O2/c1-2-9-7-13-12(14-8-9)15-5-3-10(4-6-15)11(16)17/h7-8,10H,2-6H2,1H3,(H,16,17). The molecule has 0 aliphatic carbocycles. The molecule has 2 rings (SSSR count). The lowest BCUT2D eigenvalue weighted by atomic mass is 9.97. The van der Waals surface area contributed by atoms with Crippen molar-refractivity contribution in [3.8, 4) is 0 Å². The number of hydrogen-bond acceptors (Lipinski definition) is 4. The van der Waals surface area contributed by atoms with Crippen LogP contribution in [0.1, 0.15) is 25.3 Å². The number of carboxylic acids is 1. The molecule has 1 aliphatic rings. The highest BCUT2D eigenvalue weighted by atomic mass is 16.4. The molecule has 17 heavy (non-hydrogen) atoms. The Hall–Kier alpha value is -1.65. The molecule has 1 N–H and O–H groups in total. The van der Waals surface area contributed by atoms with Crippen LogP contribution in [0.4, 0.5) is 5.95 Å². The van der Waals surface area contributed by atoms with Crippen LogP contribution in [0.25, 0.3) is 0 Å². The van der Waals surface area contributed by atoms with Crippen molar-refractivity contribution < 1.29 is 9.90 Å². The highest BCUT2D eigenvalue weighted by Gasteiger charge is 2.25. The van der Waals surface area contributed by atoms with Gasteiger partial charge in [-0.3, -0.25) is 4.79 Å². The largest absolute Gasteiger partial charge is 0.481 e. The lowest BCUT2D eigenvalue weighted by Crippen LogP contribution is -2.37. The van der Waals surface area contributed by atoms with Crippen LogP contribution in [0.15, 0.2) is 12.4 Å². The predicted molar refractivity (Wildman–Crippen MR) is 64.0 cm³/mol. The van der Waals surface area contributed by atoms with E-state index < -0.39 is 5.97 Å². The van der Waals surface area contributed by atoms with Crippen LogP contribution < -0.4 is 4.90 Å². The Balaban J connectivity index is 1.97. The number of aromatic nitrogens is 2. The molecule has 1 aromatic rings. The fraction of sp³-hybridized carbons (Fsp3) is 0.583. The van der Waals surface area contributed by atoms with E-state index in [1.54, 1.807) is 0 Å². The van der Waals surface area contributed by atoms with Crippen molar-refractivity contribution >= 4 is 11.9 Å². The fourth-order valence-corrected chi connectivity index (χ4v) is 2.02. The summed E-state index contributed by atoms with van der Waals surface area (Å²) in [4.78, 5) is 21.5. The first-order chi connectivity index (χ1) is 8.20. The number of rotatable bonds is 3. The van der Waals surface area contributed by atoms with Gasteiger partial charge >= 0.3 is 5.97 Å². The summed E-state index contributed by atoms with van der Waals surface area (Å²) < 4.78 is 0. The third-order valence-corrected chi connectivity index (χ3v) is 3.23. The minimum atomic E-state index is -0.688. The van der Waals surface area contributed by atoms with Crippen molar-refractivity contribution in [2.24, 2.45) is 5.92 Å². The summed E-state index contributed by atoms with van der Waals surface area (Å²) in [6.07, 6.45) is 5.96. The van der Waals surface area contributed by atoms with Gasteiger partial charge in [0.05, 0.1) is 5.92 Å². The molecule has 1 saturated heterocycles. The Labute approximate surface area is 100 Å². The summed E-state index contributed by atoms with van der Waals surface area (Å²) in [5.74, 6) is -0.181. The third-order valence-electron chi connectivity index (χ3n) is 3.23. The number of hydrogen-bond donors (Lipinski definition) is 1. The highest BCUT2D eigenvalue weighted by molar-refractivity contribution is 5.70. The van der Waals surface area contributed by atoms with Gasteiger partial charge in [-0.2, -0.15) is 0 Å². The molecule has 0 radical (unpaired) electrons. The Morgan fingerprint density at radius 3 is 2.47 bits per heavy atom. The number of aryl methyl sites for hydroxylation is 1. The van der Waals surface area contributed by atoms with Gasteiger partial charge in [0.15, 0.2) is 0 Å². The van der Waals surface area contributed by atoms with Crippen LogP contribution >= 0.6 is 0 Å². The van der Waals surface area contributed by atoms with Gasteiger partial charge in [0, 0.05) is 25.5 Å². The number of nitrogens with zero attached hydrogens (tertiary/aromatic N) is 3. The summed E-state index contributed by atoms with van der Waals surface area (Å²) in [5.41, 5.74) is 1.12. The van der Waals surface area contributed by atoms with E-state index in [0.717, 1.165) is 25.1 Å². The monoisotopic (exact) mass is 235 g/mol. The molecule has 0 atom stereocenters. The predicted octanol–water partition coefficient (Wildman–Crippen LogP) is 1.34. The second kappa shape index (κ2) is 5.12. The highest BCUT2D eigenvalue weighted by Crippen LogP contribution is 2.20. The Morgan fingerprint density at radius 1 is 1.41 bits per heavy atom. The zero-order valence-electron chi connectivity index (χ0n) is 9.96. The average Bonchev–Trinajstić information content (AvgIpc) is 2.39. The second-order valence-corrected chi connectivity index (χ2v) is 4.34. The molecular weight excluding hydrogens is 218 g/mol. The van der Waals surface area contributed by atoms with Crippen LogP contribution in [0.5, 0.6) is 0 Å². The lowest BCUT2D eigenvalue weighted by molar-refractivity contribution is -0.142. The van der Waals surface area contributed by atoms with Crippen molar-refractivity contribution in [2.75, 3.05) is 18.0 Å². The minimum Gasteiger partial charge on any atom is -0.481 e. The number of carboxylic acid groups (broad SMARTS) is 1. The number of piperidine rings is 1. The summed E-state index contributed by atoms with van der Waals surface area (Å²) in [7, 11) is 0. The average molecular weight is 235 g/mol. The van der Waals surface area contributed by atoms with Gasteiger partial charge in [0.2, 0.25) is 5.95 Å². The van der Waals surface area contributed by atoms with E-state index in [-0.39, 0.29) is 5.92 Å². The Morgan fingerprint density at radius 2 is 2.00 bits per heavy atom. The van der Waals surface area contributed by atoms with Gasteiger partial charge in [-0.1, -0.05) is 6.92 Å². The van der Waals surface area contributed by atoms with Crippen molar-refractivity contribution in [1.82, 2.24) is 9.97 Å². The van der Waals surface area contributed by atoms with Gasteiger partial charge in [0.1, 0.15) is 0 Å². The lowest BCUT2D eigenvalue weighted by Gasteiger charge is -2.29. The van der Waals surface area contributed by atoms with Gasteiger partial charge in [-0.15, -0.1) is 0 Å². The molecule has 1 aliphatic heterocycles. The zero-order valence-corrected chi connectivity index (χ0v) is 9.96. The van der Waals surface area contributed by atoms with E-state index >= 15 is 0 Å². The summed E-state index contributed by atoms with van der Waals surface area (Å²) in [6, 6.07) is 0. The minimum absolute atomic E-state index is 0.207. The molecule has 1 fully saturated rings. The normalized spacial score (nSPS) is 17.1. The molecule has 0 bridgehead atoms. The molecular formula is C12H17N3O2. The zero-order chi connectivity index (χ0) is 12.3. The van der Waals surface area contributed by atoms with E-state index in [1.165, 1.54) is 0 Å². The van der Waals surface area contributed by atoms with Crippen LogP contribution in [0, 0.1) is 5.92 Å². The summed E-state index contributed by atoms with van der Waals surface area (Å²) in [6.45, 7) is 3.52. The second-order valence-electron chi connectivity index (χ2n) is 4.34. The van der Waals surface area contributed by atoms with Crippen LogP contribution in [-0.4, -0.2) is 34.1 Å². The first-order valence-corrected chi connectivity index (χ1v) is 5.99. The SMILES string of the molecule is CCc1cnc(N2CCC(C(=O)O)CC2)nc1. The molecule has 0 unspecified atom stereocenters.